The van der Waals surface area contributed by atoms with Crippen LogP contribution < -0.4 is 5.32 Å². The van der Waals surface area contributed by atoms with Crippen molar-refractivity contribution in [2.45, 2.75) is 79.1 Å². The number of nitrogens with one attached hydrogen (secondary N) is 1. The molecule has 0 saturated carbocycles. The molecule has 3 N–H and O–H groups in total. The van der Waals surface area contributed by atoms with Crippen molar-refractivity contribution in [2.24, 2.45) is 10.8 Å². The van der Waals surface area contributed by atoms with Gasteiger partial charge in [-0.1, -0.05) is 0 Å². The van der Waals surface area contributed by atoms with Gasteiger partial charge in [0.25, 0.3) is 0 Å². The monoisotopic (exact) mass is 389 g/mol. The van der Waals surface area contributed by atoms with E-state index < -0.39 is 59.3 Å². The number of ether oxygens (including phenoxy) is 3. The first-order chi connectivity index (χ1) is 12.1. The van der Waals surface area contributed by atoms with Crippen LogP contribution >= 0.6 is 0 Å². The lowest BCUT2D eigenvalue weighted by atomic mass is 9.94. The number of hydrogen-bond acceptors (Lipinski definition) is 8. The Hall–Kier alpha value is -1.71. The molecule has 0 aliphatic carbocycles. The van der Waals surface area contributed by atoms with E-state index in [2.05, 4.69) is 5.32 Å². The smallest absolute Gasteiger partial charge is 0.311 e. The Morgan fingerprint density at radius 1 is 1.00 bits per heavy atom. The van der Waals surface area contributed by atoms with Gasteiger partial charge < -0.3 is 29.7 Å². The summed E-state index contributed by atoms with van der Waals surface area (Å²) >= 11 is 0. The summed E-state index contributed by atoms with van der Waals surface area (Å²) in [7, 11) is 0. The number of carbonyl (C=O) groups is 3. The van der Waals surface area contributed by atoms with Gasteiger partial charge in [0.15, 0.2) is 12.4 Å². The van der Waals surface area contributed by atoms with Crippen LogP contribution in [0.2, 0.25) is 0 Å². The molecule has 9 nitrogen and oxygen atoms in total. The van der Waals surface area contributed by atoms with Gasteiger partial charge in [-0.05, 0) is 41.5 Å². The van der Waals surface area contributed by atoms with Gasteiger partial charge in [-0.25, -0.2) is 0 Å². The zero-order chi connectivity index (χ0) is 21.2. The summed E-state index contributed by atoms with van der Waals surface area (Å²) < 4.78 is 16.0. The molecule has 1 amide bonds. The Kier molecular flexibility index (Phi) is 7.37. The second-order valence-electron chi connectivity index (χ2n) is 8.75. The topological polar surface area (TPSA) is 131 Å². The van der Waals surface area contributed by atoms with Crippen LogP contribution in [0.25, 0.3) is 0 Å². The predicted molar refractivity (Wildman–Crippen MR) is 94.2 cm³/mol. The summed E-state index contributed by atoms with van der Waals surface area (Å²) in [5.41, 5.74) is -1.62. The number of aliphatic hydroxyl groups is 2. The van der Waals surface area contributed by atoms with Crippen LogP contribution in [0.3, 0.4) is 0 Å². The first-order valence-corrected chi connectivity index (χ1v) is 8.81. The number of aliphatic hydroxyl groups excluding tert-OH is 2. The van der Waals surface area contributed by atoms with Crippen LogP contribution in [0, 0.1) is 10.8 Å². The van der Waals surface area contributed by atoms with Crippen molar-refractivity contribution in [3.63, 3.8) is 0 Å². The van der Waals surface area contributed by atoms with Gasteiger partial charge in [0, 0.05) is 6.92 Å². The number of rotatable bonds is 4. The van der Waals surface area contributed by atoms with Crippen molar-refractivity contribution in [1.82, 2.24) is 5.32 Å². The summed E-state index contributed by atoms with van der Waals surface area (Å²) in [5, 5.41) is 23.1. The fourth-order valence-corrected chi connectivity index (χ4v) is 2.28. The maximum absolute atomic E-state index is 12.3. The molecule has 1 fully saturated rings. The van der Waals surface area contributed by atoms with E-state index in [4.69, 9.17) is 14.2 Å². The number of carbonyl (C=O) groups excluding carboxylic acids is 3. The van der Waals surface area contributed by atoms with Gasteiger partial charge in [-0.2, -0.15) is 0 Å². The summed E-state index contributed by atoms with van der Waals surface area (Å²) in [6.07, 6.45) is -5.36. The Morgan fingerprint density at radius 2 is 1.52 bits per heavy atom. The van der Waals surface area contributed by atoms with E-state index in [9.17, 15) is 24.6 Å². The van der Waals surface area contributed by atoms with Crippen LogP contribution in [0.1, 0.15) is 48.5 Å². The molecule has 1 rings (SSSR count). The van der Waals surface area contributed by atoms with Crippen LogP contribution in [0.5, 0.6) is 0 Å². The fourth-order valence-electron chi connectivity index (χ4n) is 2.28. The van der Waals surface area contributed by atoms with Crippen molar-refractivity contribution in [3.8, 4) is 0 Å². The quantitative estimate of drug-likeness (QED) is 0.578. The summed E-state index contributed by atoms with van der Waals surface area (Å²) in [6.45, 7) is 10.8. The zero-order valence-electron chi connectivity index (χ0n) is 16.9. The lowest BCUT2D eigenvalue weighted by Gasteiger charge is -2.42. The summed E-state index contributed by atoms with van der Waals surface area (Å²) in [5.74, 6) is -1.62. The minimum atomic E-state index is -1.56. The van der Waals surface area contributed by atoms with Gasteiger partial charge in [0.05, 0.1) is 10.8 Å². The third-order valence-corrected chi connectivity index (χ3v) is 3.91. The molecule has 1 aliphatic rings. The maximum Gasteiger partial charge on any atom is 0.311 e. The van der Waals surface area contributed by atoms with Crippen LogP contribution in [0.4, 0.5) is 0 Å². The molecule has 156 valence electrons. The normalized spacial score (nSPS) is 29.0. The van der Waals surface area contributed by atoms with E-state index in [1.165, 1.54) is 6.92 Å². The predicted octanol–water partition coefficient (Wildman–Crippen LogP) is 0.116. The first-order valence-electron chi connectivity index (χ1n) is 8.81. The van der Waals surface area contributed by atoms with Crippen molar-refractivity contribution in [2.75, 3.05) is 6.61 Å². The molecule has 1 heterocycles. The molecule has 0 bridgehead atoms. The molecule has 0 aromatic carbocycles. The van der Waals surface area contributed by atoms with Gasteiger partial charge in [0.1, 0.15) is 24.9 Å². The minimum Gasteiger partial charge on any atom is -0.462 e. The Bertz CT molecular complexity index is 563. The van der Waals surface area contributed by atoms with Gasteiger partial charge in [-0.15, -0.1) is 0 Å². The van der Waals surface area contributed by atoms with Crippen LogP contribution in [-0.4, -0.2) is 65.3 Å². The standard InChI is InChI=1S/C18H31NO8/c1-9(20)19-11-12(21)13(27-16(24)18(5,6)7)10(26-14(11)22)8-25-15(23)17(2,3)4/h10-14,21-22H,8H2,1-7H3,(H,19,20)/t10-,11-,12-,13+,14-/m1/s1. The number of amides is 1. The highest BCUT2D eigenvalue weighted by atomic mass is 16.7. The van der Waals surface area contributed by atoms with E-state index in [1.807, 2.05) is 0 Å². The van der Waals surface area contributed by atoms with E-state index in [-0.39, 0.29) is 6.61 Å². The lowest BCUT2D eigenvalue weighted by Crippen LogP contribution is -2.65. The number of esters is 2. The number of hydrogen-bond donors (Lipinski definition) is 3. The molecule has 0 spiro atoms. The minimum absolute atomic E-state index is 0.334. The van der Waals surface area contributed by atoms with E-state index in [0.717, 1.165) is 0 Å². The van der Waals surface area contributed by atoms with Gasteiger partial charge in [0.2, 0.25) is 5.91 Å². The van der Waals surface area contributed by atoms with Crippen molar-refractivity contribution < 1.29 is 38.8 Å². The zero-order valence-corrected chi connectivity index (χ0v) is 16.9. The lowest BCUT2D eigenvalue weighted by molar-refractivity contribution is -0.263. The second kappa shape index (κ2) is 8.53. The van der Waals surface area contributed by atoms with Crippen LogP contribution in [-0.2, 0) is 28.6 Å². The molecular formula is C18H31NO8. The Morgan fingerprint density at radius 3 is 1.96 bits per heavy atom. The molecule has 0 radical (unpaired) electrons. The highest BCUT2D eigenvalue weighted by Gasteiger charge is 2.48. The molecule has 27 heavy (non-hydrogen) atoms. The largest absolute Gasteiger partial charge is 0.462 e. The molecule has 0 unspecified atom stereocenters. The highest BCUT2D eigenvalue weighted by Crippen LogP contribution is 2.27. The molecule has 0 aromatic rings. The first kappa shape index (κ1) is 23.3. The molecule has 5 atom stereocenters. The summed E-state index contributed by atoms with van der Waals surface area (Å²) in [4.78, 5) is 35.6. The SMILES string of the molecule is CC(=O)N[C@@H]1[C@@H](O)[C@@H](OC(=O)C(C)(C)C)[C@@H](COC(=O)C(C)(C)C)O[C@H]1O. The molecule has 0 aromatic heterocycles. The highest BCUT2D eigenvalue weighted by molar-refractivity contribution is 5.76. The van der Waals surface area contributed by atoms with Crippen LogP contribution in [0.15, 0.2) is 0 Å². The summed E-state index contributed by atoms with van der Waals surface area (Å²) in [6, 6.07) is -1.20. The third kappa shape index (κ3) is 6.44. The Labute approximate surface area is 159 Å². The fraction of sp³-hybridized carbons (Fsp3) is 0.833. The molecule has 1 aliphatic heterocycles. The average Bonchev–Trinajstić information content (AvgIpc) is 2.49. The van der Waals surface area contributed by atoms with E-state index >= 15 is 0 Å². The van der Waals surface area contributed by atoms with Crippen molar-refractivity contribution in [1.29, 1.82) is 0 Å². The second-order valence-corrected chi connectivity index (χ2v) is 8.75. The van der Waals surface area contributed by atoms with Crippen molar-refractivity contribution >= 4 is 17.8 Å². The van der Waals surface area contributed by atoms with Gasteiger partial charge >= 0.3 is 11.9 Å². The van der Waals surface area contributed by atoms with E-state index in [0.29, 0.717) is 0 Å². The average molecular weight is 389 g/mol. The molecule has 9 heteroatoms. The third-order valence-electron chi connectivity index (χ3n) is 3.91. The maximum atomic E-state index is 12.3. The van der Waals surface area contributed by atoms with E-state index in [1.54, 1.807) is 41.5 Å². The Balaban J connectivity index is 3.01. The van der Waals surface area contributed by atoms with Gasteiger partial charge in [-0.3, -0.25) is 14.4 Å². The molecular weight excluding hydrogens is 358 g/mol. The van der Waals surface area contributed by atoms with Crippen molar-refractivity contribution in [3.05, 3.63) is 0 Å². The molecule has 1 saturated heterocycles.